The Balaban J connectivity index is 0.000000193. The van der Waals surface area contributed by atoms with Crippen LogP contribution in [0.5, 0.6) is 0 Å². The second-order valence-electron chi connectivity index (χ2n) is 10.6. The number of carbonyl (C=O) groups is 2. The first-order chi connectivity index (χ1) is 24.4. The monoisotopic (exact) mass is 714 g/mol. The maximum atomic E-state index is 13.3. The van der Waals surface area contributed by atoms with Gasteiger partial charge in [-0.15, -0.1) is 0 Å². The highest BCUT2D eigenvalue weighted by Crippen LogP contribution is 2.28. The number of hydrogen-bond acceptors (Lipinski definition) is 11. The fourth-order valence-corrected chi connectivity index (χ4v) is 5.10. The minimum absolute atomic E-state index is 0.152. The van der Waals surface area contributed by atoms with Crippen LogP contribution in [0.25, 0.3) is 22.5 Å². The zero-order valence-corrected chi connectivity index (χ0v) is 28.0. The van der Waals surface area contributed by atoms with Gasteiger partial charge < -0.3 is 9.55 Å². The Hall–Kier alpha value is -6.63. The Labute approximate surface area is 290 Å². The summed E-state index contributed by atoms with van der Waals surface area (Å²) in [6.45, 7) is 0.227. The predicted octanol–water partition coefficient (Wildman–Crippen LogP) is 3.95. The van der Waals surface area contributed by atoms with Gasteiger partial charge in [0.1, 0.15) is 29.5 Å². The standard InChI is InChI=1S/C16H12FN5O.C13H13FN2O4S.C4H3N3/c1-21-16(15-3-2-13(17)4-11(15)9-23)12(6-20-21)7-22-8-14(5-18)19-10-22;1-16-13(10(6-15-16)8-20-21(2,18)19)12-4-3-11(14)5-9(12)7-17;5-1-4-2-6-3-7-4/h2-4,6,8-10H,7H2,1H3;3-7H,8H2,1-2H3;2-3H,(H,6,7). The molecule has 0 aliphatic heterocycles. The Morgan fingerprint density at radius 1 is 0.882 bits per heavy atom. The summed E-state index contributed by atoms with van der Waals surface area (Å²) in [4.78, 5) is 32.5. The highest BCUT2D eigenvalue weighted by molar-refractivity contribution is 7.85. The first kappa shape index (κ1) is 37.2. The van der Waals surface area contributed by atoms with Gasteiger partial charge in [0.25, 0.3) is 10.1 Å². The van der Waals surface area contributed by atoms with E-state index in [1.165, 1.54) is 47.7 Å². The molecule has 0 unspecified atom stereocenters. The summed E-state index contributed by atoms with van der Waals surface area (Å²) in [5.74, 6) is -0.996. The minimum Gasteiger partial charge on any atom is -0.336 e. The summed E-state index contributed by atoms with van der Waals surface area (Å²) in [5.41, 5.74) is 4.85. The molecular weight excluding hydrogens is 686 g/mol. The zero-order valence-electron chi connectivity index (χ0n) is 27.2. The molecule has 0 amide bonds. The van der Waals surface area contributed by atoms with E-state index in [-0.39, 0.29) is 17.7 Å². The van der Waals surface area contributed by atoms with Gasteiger partial charge in [-0.2, -0.15) is 29.1 Å². The average molecular weight is 715 g/mol. The van der Waals surface area contributed by atoms with Crippen molar-refractivity contribution in [2.24, 2.45) is 14.1 Å². The third-order valence-electron chi connectivity index (χ3n) is 6.97. The molecule has 260 valence electrons. The number of imidazole rings is 2. The summed E-state index contributed by atoms with van der Waals surface area (Å²) < 4.78 is 58.3. The molecule has 0 atom stereocenters. The van der Waals surface area contributed by atoms with Crippen LogP contribution in [0.4, 0.5) is 8.78 Å². The van der Waals surface area contributed by atoms with Crippen LogP contribution in [0.2, 0.25) is 0 Å². The third kappa shape index (κ3) is 9.72. The number of aryl methyl sites for hydroxylation is 2. The molecule has 51 heavy (non-hydrogen) atoms. The van der Waals surface area contributed by atoms with Crippen molar-refractivity contribution in [1.82, 2.24) is 39.1 Å². The number of rotatable bonds is 9. The summed E-state index contributed by atoms with van der Waals surface area (Å²) >= 11 is 0. The van der Waals surface area contributed by atoms with E-state index in [9.17, 15) is 26.8 Å². The molecule has 0 fully saturated rings. The van der Waals surface area contributed by atoms with E-state index in [2.05, 4.69) is 25.1 Å². The van der Waals surface area contributed by atoms with E-state index in [1.807, 2.05) is 12.1 Å². The van der Waals surface area contributed by atoms with E-state index in [4.69, 9.17) is 14.7 Å². The van der Waals surface area contributed by atoms with Crippen molar-refractivity contribution in [3.63, 3.8) is 0 Å². The molecule has 6 aromatic rings. The van der Waals surface area contributed by atoms with E-state index < -0.39 is 21.8 Å². The van der Waals surface area contributed by atoms with Crippen molar-refractivity contribution in [3.8, 4) is 34.7 Å². The summed E-state index contributed by atoms with van der Waals surface area (Å²) in [5, 5.41) is 25.2. The molecule has 0 aliphatic carbocycles. The SMILES string of the molecule is Cn1ncc(COS(C)(=O)=O)c1-c1ccc(F)cc1C=O.Cn1ncc(Cn2cnc(C#N)c2)c1-c1ccc(F)cc1C=O.N#Cc1cnc[nH]1. The zero-order chi connectivity index (χ0) is 37.1. The lowest BCUT2D eigenvalue weighted by Gasteiger charge is -2.09. The van der Waals surface area contributed by atoms with Gasteiger partial charge in [0.2, 0.25) is 0 Å². The Kier molecular flexibility index (Phi) is 12.1. The van der Waals surface area contributed by atoms with Gasteiger partial charge in [-0.25, -0.2) is 18.7 Å². The maximum absolute atomic E-state index is 13.3. The number of nitrogens with zero attached hydrogens (tertiary/aromatic N) is 9. The number of hydrogen-bond donors (Lipinski definition) is 1. The van der Waals surface area contributed by atoms with Crippen molar-refractivity contribution < 1.29 is 31.0 Å². The van der Waals surface area contributed by atoms with Gasteiger partial charge in [-0.3, -0.25) is 23.1 Å². The molecule has 2 aromatic carbocycles. The largest absolute Gasteiger partial charge is 0.336 e. The van der Waals surface area contributed by atoms with Gasteiger partial charge >= 0.3 is 0 Å². The predicted molar refractivity (Wildman–Crippen MR) is 177 cm³/mol. The van der Waals surface area contributed by atoms with Crippen molar-refractivity contribution in [2.45, 2.75) is 13.2 Å². The molecule has 0 bridgehead atoms. The quantitative estimate of drug-likeness (QED) is 0.168. The molecular formula is C33H28F2N10O5S. The van der Waals surface area contributed by atoms with Gasteiger partial charge in [0.15, 0.2) is 18.3 Å². The molecule has 18 heteroatoms. The highest BCUT2D eigenvalue weighted by atomic mass is 32.2. The summed E-state index contributed by atoms with van der Waals surface area (Å²) in [7, 11) is -0.210. The number of nitriles is 2. The molecule has 0 aliphatic rings. The molecule has 1 N–H and O–H groups in total. The Morgan fingerprint density at radius 2 is 1.45 bits per heavy atom. The van der Waals surface area contributed by atoms with E-state index in [0.717, 1.165) is 23.6 Å². The van der Waals surface area contributed by atoms with Crippen LogP contribution in [0, 0.1) is 34.3 Å². The lowest BCUT2D eigenvalue weighted by Crippen LogP contribution is -2.04. The van der Waals surface area contributed by atoms with Gasteiger partial charge in [0.05, 0.1) is 62.0 Å². The van der Waals surface area contributed by atoms with Crippen LogP contribution in [0.15, 0.2) is 73.8 Å². The molecule has 0 spiro atoms. The lowest BCUT2D eigenvalue weighted by atomic mass is 10.0. The maximum Gasteiger partial charge on any atom is 0.264 e. The second-order valence-corrected chi connectivity index (χ2v) is 12.2. The molecule has 0 saturated carbocycles. The average Bonchev–Trinajstić information content (AvgIpc) is 3.93. The number of benzene rings is 2. The van der Waals surface area contributed by atoms with E-state index >= 15 is 0 Å². The van der Waals surface area contributed by atoms with Gasteiger partial charge in [-0.1, -0.05) is 0 Å². The number of halogens is 2. The third-order valence-corrected chi connectivity index (χ3v) is 7.51. The minimum atomic E-state index is -3.60. The van der Waals surface area contributed by atoms with Crippen LogP contribution in [0.3, 0.4) is 0 Å². The number of aldehydes is 2. The first-order valence-corrected chi connectivity index (χ1v) is 16.4. The van der Waals surface area contributed by atoms with Gasteiger partial charge in [0, 0.05) is 53.7 Å². The topological polar surface area (TPSA) is 207 Å². The first-order valence-electron chi connectivity index (χ1n) is 14.5. The van der Waals surface area contributed by atoms with Crippen LogP contribution < -0.4 is 0 Å². The molecule has 0 radical (unpaired) electrons. The molecule has 0 saturated heterocycles. The fraction of sp³-hybridized carbons (Fsp3) is 0.152. The van der Waals surface area contributed by atoms with Gasteiger partial charge in [-0.05, 0) is 36.4 Å². The molecule has 4 aromatic heterocycles. The van der Waals surface area contributed by atoms with Crippen molar-refractivity contribution >= 4 is 22.7 Å². The number of carbonyl (C=O) groups excluding carboxylic acids is 2. The van der Waals surface area contributed by atoms with E-state index in [1.54, 1.807) is 48.1 Å². The number of nitrogens with one attached hydrogen (secondary N) is 1. The Morgan fingerprint density at radius 3 is 1.90 bits per heavy atom. The van der Waals surface area contributed by atoms with Crippen molar-refractivity contribution in [1.29, 1.82) is 10.5 Å². The Bertz CT molecular complexity index is 2350. The molecule has 15 nitrogen and oxygen atoms in total. The second kappa shape index (κ2) is 16.7. The molecule has 4 heterocycles. The lowest BCUT2D eigenvalue weighted by molar-refractivity contribution is 0.111. The number of aromatic nitrogens is 8. The van der Waals surface area contributed by atoms with Crippen molar-refractivity contribution in [3.05, 3.63) is 119 Å². The smallest absolute Gasteiger partial charge is 0.264 e. The fourth-order valence-electron chi connectivity index (χ4n) is 4.76. The van der Waals surface area contributed by atoms with E-state index in [0.29, 0.717) is 52.9 Å². The normalized spacial score (nSPS) is 10.6. The van der Waals surface area contributed by atoms with Crippen molar-refractivity contribution in [2.75, 3.05) is 6.26 Å². The molecule has 6 rings (SSSR count). The highest BCUT2D eigenvalue weighted by Gasteiger charge is 2.18. The van der Waals surface area contributed by atoms with Crippen LogP contribution in [0.1, 0.15) is 43.2 Å². The number of aromatic amines is 1. The summed E-state index contributed by atoms with van der Waals surface area (Å²) in [6, 6.07) is 11.7. The van der Waals surface area contributed by atoms with Crippen LogP contribution in [-0.2, 0) is 41.5 Å². The van der Waals surface area contributed by atoms with Crippen LogP contribution in [-0.4, -0.2) is 66.3 Å². The summed E-state index contributed by atoms with van der Waals surface area (Å²) in [6.07, 6.45) is 11.4. The number of H-pyrrole nitrogens is 1. The van der Waals surface area contributed by atoms with Crippen LogP contribution >= 0.6 is 0 Å².